The molecule has 0 aliphatic heterocycles. The van der Waals surface area contributed by atoms with Crippen molar-refractivity contribution in [3.8, 4) is 11.5 Å². The first-order valence-electron chi connectivity index (χ1n) is 9.09. The molecule has 0 unspecified atom stereocenters. The van der Waals surface area contributed by atoms with Crippen LogP contribution in [0.15, 0.2) is 54.7 Å². The molecule has 0 fully saturated rings. The molecule has 2 aromatic carbocycles. The average molecular weight is 379 g/mol. The zero-order chi connectivity index (χ0) is 19.8. The molecule has 7 heteroatoms. The summed E-state index contributed by atoms with van der Waals surface area (Å²) in [5.74, 6) is 2.73. The number of nitrogens with zero attached hydrogens (tertiary/aromatic N) is 4. The van der Waals surface area contributed by atoms with Gasteiger partial charge in [-0.3, -0.25) is 0 Å². The molecule has 7 nitrogen and oxygen atoms in total. The first-order valence-corrected chi connectivity index (χ1v) is 9.09. The van der Waals surface area contributed by atoms with Crippen molar-refractivity contribution in [1.29, 1.82) is 0 Å². The molecule has 0 saturated heterocycles. The monoisotopic (exact) mass is 379 g/mol. The number of nitrogens with one attached hydrogen (secondary N) is 1. The van der Waals surface area contributed by atoms with E-state index in [1.807, 2.05) is 48.3 Å². The van der Waals surface area contributed by atoms with Gasteiger partial charge in [0.2, 0.25) is 5.95 Å². The summed E-state index contributed by atoms with van der Waals surface area (Å²) < 4.78 is 10.6. The van der Waals surface area contributed by atoms with E-state index < -0.39 is 0 Å². The summed E-state index contributed by atoms with van der Waals surface area (Å²) in [5, 5.41) is 11.4. The minimum Gasteiger partial charge on any atom is -0.493 e. The molecular weight excluding hydrogens is 354 g/mol. The van der Waals surface area contributed by atoms with Gasteiger partial charge in [-0.1, -0.05) is 36.4 Å². The van der Waals surface area contributed by atoms with Crippen LogP contribution in [0, 0.1) is 0 Å². The lowest BCUT2D eigenvalue weighted by atomic mass is 10.1. The molecular formula is C21H25N5O2. The molecule has 0 spiro atoms. The zero-order valence-corrected chi connectivity index (χ0v) is 16.4. The highest BCUT2D eigenvalue weighted by atomic mass is 16.5. The van der Waals surface area contributed by atoms with Gasteiger partial charge in [-0.15, -0.1) is 5.10 Å². The van der Waals surface area contributed by atoms with E-state index in [-0.39, 0.29) is 0 Å². The topological polar surface area (TPSA) is 72.4 Å². The van der Waals surface area contributed by atoms with Crippen molar-refractivity contribution in [1.82, 2.24) is 15.2 Å². The molecule has 0 radical (unpaired) electrons. The van der Waals surface area contributed by atoms with Crippen molar-refractivity contribution in [3.63, 3.8) is 0 Å². The van der Waals surface area contributed by atoms with Gasteiger partial charge in [-0.05, 0) is 29.7 Å². The lowest BCUT2D eigenvalue weighted by molar-refractivity contribution is 0.354. The van der Waals surface area contributed by atoms with Gasteiger partial charge >= 0.3 is 0 Å². The van der Waals surface area contributed by atoms with Crippen molar-refractivity contribution in [2.24, 2.45) is 0 Å². The van der Waals surface area contributed by atoms with E-state index in [0.29, 0.717) is 12.5 Å². The van der Waals surface area contributed by atoms with E-state index in [4.69, 9.17) is 9.47 Å². The van der Waals surface area contributed by atoms with Gasteiger partial charge in [0.15, 0.2) is 17.3 Å². The maximum Gasteiger partial charge on any atom is 0.244 e. The number of rotatable bonds is 9. The second-order valence-corrected chi connectivity index (χ2v) is 6.35. The molecule has 0 saturated carbocycles. The molecule has 3 aromatic rings. The fraction of sp³-hybridized carbons (Fsp3) is 0.286. The fourth-order valence-electron chi connectivity index (χ4n) is 2.85. The van der Waals surface area contributed by atoms with Gasteiger partial charge in [0.25, 0.3) is 0 Å². The van der Waals surface area contributed by atoms with Crippen LogP contribution in [0.25, 0.3) is 0 Å². The van der Waals surface area contributed by atoms with Gasteiger partial charge in [-0.2, -0.15) is 10.1 Å². The van der Waals surface area contributed by atoms with Gasteiger partial charge < -0.3 is 19.7 Å². The standard InChI is InChI=1S/C21H25N5O2/c1-26(15-17-7-5-4-6-8-17)20-14-23-25-21(24-20)22-12-11-16-9-10-18(27-2)19(13-16)28-3/h4-10,13-14H,11-12,15H2,1-3H3,(H,22,24,25). The first kappa shape index (κ1) is 19.4. The molecule has 3 rings (SSSR count). The van der Waals surface area contributed by atoms with Crippen LogP contribution in [-0.4, -0.2) is 43.0 Å². The summed E-state index contributed by atoms with van der Waals surface area (Å²) in [5.41, 5.74) is 2.35. The Morgan fingerprint density at radius 1 is 0.964 bits per heavy atom. The third kappa shape index (κ3) is 5.09. The SMILES string of the molecule is COc1ccc(CCNc2nncc(N(C)Cc3ccccc3)n2)cc1OC. The van der Waals surface area contributed by atoms with Crippen molar-refractivity contribution in [2.45, 2.75) is 13.0 Å². The Labute approximate surface area is 165 Å². The molecule has 0 aliphatic carbocycles. The highest BCUT2D eigenvalue weighted by Crippen LogP contribution is 2.27. The fourth-order valence-corrected chi connectivity index (χ4v) is 2.85. The van der Waals surface area contributed by atoms with Crippen LogP contribution >= 0.6 is 0 Å². The summed E-state index contributed by atoms with van der Waals surface area (Å²) in [6.45, 7) is 1.44. The maximum atomic E-state index is 5.35. The maximum absolute atomic E-state index is 5.35. The van der Waals surface area contributed by atoms with Crippen LogP contribution in [0.2, 0.25) is 0 Å². The molecule has 0 amide bonds. The van der Waals surface area contributed by atoms with E-state index in [2.05, 4.69) is 32.6 Å². The second-order valence-electron chi connectivity index (χ2n) is 6.35. The molecule has 1 aromatic heterocycles. The summed E-state index contributed by atoms with van der Waals surface area (Å²) in [6, 6.07) is 16.2. The number of ether oxygens (including phenoxy) is 2. The predicted octanol–water partition coefficient (Wildman–Crippen LogP) is 3.18. The van der Waals surface area contributed by atoms with E-state index in [9.17, 15) is 0 Å². The third-order valence-corrected chi connectivity index (χ3v) is 4.34. The smallest absolute Gasteiger partial charge is 0.244 e. The largest absolute Gasteiger partial charge is 0.493 e. The molecule has 1 N–H and O–H groups in total. The number of anilines is 2. The Morgan fingerprint density at radius 3 is 2.50 bits per heavy atom. The van der Waals surface area contributed by atoms with Gasteiger partial charge in [0.05, 0.1) is 20.4 Å². The summed E-state index contributed by atoms with van der Waals surface area (Å²) in [6.07, 6.45) is 2.47. The zero-order valence-electron chi connectivity index (χ0n) is 16.4. The van der Waals surface area contributed by atoms with Gasteiger partial charge in [0, 0.05) is 20.1 Å². The van der Waals surface area contributed by atoms with Crippen LogP contribution in [0.5, 0.6) is 11.5 Å². The average Bonchev–Trinajstić information content (AvgIpc) is 2.74. The minimum atomic E-state index is 0.512. The number of hydrogen-bond acceptors (Lipinski definition) is 7. The van der Waals surface area contributed by atoms with E-state index >= 15 is 0 Å². The summed E-state index contributed by atoms with van der Waals surface area (Å²) in [4.78, 5) is 6.60. The highest BCUT2D eigenvalue weighted by Gasteiger charge is 2.08. The third-order valence-electron chi connectivity index (χ3n) is 4.34. The Balaban J connectivity index is 1.57. The van der Waals surface area contributed by atoms with E-state index in [1.54, 1.807) is 20.4 Å². The number of aromatic nitrogens is 3. The van der Waals surface area contributed by atoms with E-state index in [1.165, 1.54) is 5.56 Å². The summed E-state index contributed by atoms with van der Waals surface area (Å²) >= 11 is 0. The Kier molecular flexibility index (Phi) is 6.62. The Bertz CT molecular complexity index is 889. The molecule has 1 heterocycles. The van der Waals surface area contributed by atoms with Crippen LogP contribution in [0.4, 0.5) is 11.8 Å². The van der Waals surface area contributed by atoms with Crippen molar-refractivity contribution >= 4 is 11.8 Å². The highest BCUT2D eigenvalue weighted by molar-refractivity contribution is 5.43. The minimum absolute atomic E-state index is 0.512. The molecule has 28 heavy (non-hydrogen) atoms. The molecule has 0 bridgehead atoms. The Hall–Kier alpha value is -3.35. The van der Waals surface area contributed by atoms with Crippen LogP contribution in [0.3, 0.4) is 0 Å². The first-order chi connectivity index (χ1) is 13.7. The number of hydrogen-bond donors (Lipinski definition) is 1. The quantitative estimate of drug-likeness (QED) is 0.612. The lowest BCUT2D eigenvalue weighted by Crippen LogP contribution is -2.19. The predicted molar refractivity (Wildman–Crippen MR) is 110 cm³/mol. The van der Waals surface area contributed by atoms with Gasteiger partial charge in [0.1, 0.15) is 0 Å². The summed E-state index contributed by atoms with van der Waals surface area (Å²) in [7, 11) is 5.26. The normalized spacial score (nSPS) is 10.4. The van der Waals surface area contributed by atoms with Crippen LogP contribution < -0.4 is 19.7 Å². The van der Waals surface area contributed by atoms with Crippen molar-refractivity contribution < 1.29 is 9.47 Å². The lowest BCUT2D eigenvalue weighted by Gasteiger charge is -2.18. The number of methoxy groups -OCH3 is 2. The Morgan fingerprint density at radius 2 is 1.75 bits per heavy atom. The molecule has 0 aliphatic rings. The van der Waals surface area contributed by atoms with Crippen LogP contribution in [-0.2, 0) is 13.0 Å². The molecule has 146 valence electrons. The van der Waals surface area contributed by atoms with Gasteiger partial charge in [-0.25, -0.2) is 0 Å². The van der Waals surface area contributed by atoms with Crippen molar-refractivity contribution in [2.75, 3.05) is 38.0 Å². The number of benzene rings is 2. The molecule has 0 atom stereocenters. The second kappa shape index (κ2) is 9.55. The van der Waals surface area contributed by atoms with E-state index in [0.717, 1.165) is 35.8 Å². The van der Waals surface area contributed by atoms with Crippen molar-refractivity contribution in [3.05, 3.63) is 65.9 Å². The van der Waals surface area contributed by atoms with Crippen LogP contribution in [0.1, 0.15) is 11.1 Å².